The Hall–Kier alpha value is -1.55. The van der Waals surface area contributed by atoms with Crippen molar-refractivity contribution in [3.05, 3.63) is 28.8 Å². The SMILES string of the molecule is CCCCC(CN(N)C(=O)CC)c1cc(C(C)(C)C)c(O)c(C(C)(C)C)c1. The van der Waals surface area contributed by atoms with E-state index in [-0.39, 0.29) is 22.7 Å². The largest absolute Gasteiger partial charge is 0.507 e. The molecule has 0 aliphatic heterocycles. The van der Waals surface area contributed by atoms with Gasteiger partial charge >= 0.3 is 0 Å². The van der Waals surface area contributed by atoms with Crippen LogP contribution in [0.2, 0.25) is 0 Å². The minimum Gasteiger partial charge on any atom is -0.507 e. The zero-order valence-corrected chi connectivity index (χ0v) is 18.6. The van der Waals surface area contributed by atoms with Crippen molar-refractivity contribution in [1.82, 2.24) is 5.01 Å². The number of benzene rings is 1. The normalized spacial score (nSPS) is 13.5. The summed E-state index contributed by atoms with van der Waals surface area (Å²) in [6.07, 6.45) is 3.56. The van der Waals surface area contributed by atoms with Crippen molar-refractivity contribution in [2.45, 2.75) is 97.8 Å². The summed E-state index contributed by atoms with van der Waals surface area (Å²) in [5.74, 6) is 6.56. The molecule has 0 radical (unpaired) electrons. The van der Waals surface area contributed by atoms with E-state index in [0.717, 1.165) is 36.0 Å². The van der Waals surface area contributed by atoms with E-state index < -0.39 is 0 Å². The van der Waals surface area contributed by atoms with Gasteiger partial charge in [0.15, 0.2) is 0 Å². The number of phenolic OH excluding ortho intramolecular Hbond substituents is 1. The lowest BCUT2D eigenvalue weighted by Crippen LogP contribution is -2.40. The summed E-state index contributed by atoms with van der Waals surface area (Å²) >= 11 is 0. The van der Waals surface area contributed by atoms with Gasteiger partial charge in [-0.25, -0.2) is 5.84 Å². The van der Waals surface area contributed by atoms with Crippen LogP contribution in [0.15, 0.2) is 12.1 Å². The number of carbonyl (C=O) groups excluding carboxylic acids is 1. The molecule has 0 heterocycles. The van der Waals surface area contributed by atoms with E-state index in [1.165, 1.54) is 5.01 Å². The summed E-state index contributed by atoms with van der Waals surface area (Å²) < 4.78 is 0. The number of phenols is 1. The first-order chi connectivity index (χ1) is 12.3. The predicted molar refractivity (Wildman–Crippen MR) is 114 cm³/mol. The number of unbranched alkanes of at least 4 members (excludes halogenated alkanes) is 1. The fraction of sp³-hybridized carbons (Fsp3) is 0.696. The van der Waals surface area contributed by atoms with E-state index in [1.807, 2.05) is 6.92 Å². The lowest BCUT2D eigenvalue weighted by molar-refractivity contribution is -0.131. The first-order valence-corrected chi connectivity index (χ1v) is 10.3. The maximum Gasteiger partial charge on any atom is 0.236 e. The minimum absolute atomic E-state index is 0.0395. The Morgan fingerprint density at radius 3 is 1.93 bits per heavy atom. The first kappa shape index (κ1) is 23.5. The molecule has 4 heteroatoms. The van der Waals surface area contributed by atoms with Crippen LogP contribution in [0, 0.1) is 0 Å². The highest BCUT2D eigenvalue weighted by molar-refractivity contribution is 5.75. The molecule has 1 aromatic carbocycles. The molecule has 0 aromatic heterocycles. The molecule has 154 valence electrons. The second kappa shape index (κ2) is 9.09. The Morgan fingerprint density at radius 2 is 1.56 bits per heavy atom. The number of rotatable bonds is 7. The van der Waals surface area contributed by atoms with Crippen LogP contribution in [0.25, 0.3) is 0 Å². The molecule has 0 bridgehead atoms. The number of hydrogen-bond donors (Lipinski definition) is 2. The third-order valence-electron chi connectivity index (χ3n) is 5.17. The Labute approximate surface area is 166 Å². The van der Waals surface area contributed by atoms with E-state index >= 15 is 0 Å². The number of hydrogen-bond acceptors (Lipinski definition) is 3. The van der Waals surface area contributed by atoms with Crippen molar-refractivity contribution >= 4 is 5.91 Å². The highest BCUT2D eigenvalue weighted by Crippen LogP contribution is 2.41. The Kier molecular flexibility index (Phi) is 7.91. The highest BCUT2D eigenvalue weighted by atomic mass is 16.3. The number of aromatic hydroxyl groups is 1. The van der Waals surface area contributed by atoms with Crippen molar-refractivity contribution in [1.29, 1.82) is 0 Å². The van der Waals surface area contributed by atoms with Gasteiger partial charge in [-0.15, -0.1) is 0 Å². The monoisotopic (exact) mass is 376 g/mol. The zero-order valence-electron chi connectivity index (χ0n) is 18.6. The van der Waals surface area contributed by atoms with Gasteiger partial charge in [-0.2, -0.15) is 0 Å². The van der Waals surface area contributed by atoms with E-state index in [4.69, 9.17) is 5.84 Å². The molecule has 1 aromatic rings. The predicted octanol–water partition coefficient (Wildman–Crippen LogP) is 5.37. The fourth-order valence-corrected chi connectivity index (χ4v) is 3.39. The molecule has 1 rings (SSSR count). The lowest BCUT2D eigenvalue weighted by Gasteiger charge is -2.31. The number of nitrogens with zero attached hydrogens (tertiary/aromatic N) is 1. The van der Waals surface area contributed by atoms with Gasteiger partial charge in [-0.3, -0.25) is 9.80 Å². The van der Waals surface area contributed by atoms with Crippen molar-refractivity contribution < 1.29 is 9.90 Å². The van der Waals surface area contributed by atoms with Gasteiger partial charge in [0.1, 0.15) is 5.75 Å². The van der Waals surface area contributed by atoms with Crippen LogP contribution in [0.4, 0.5) is 0 Å². The molecule has 1 amide bonds. The van der Waals surface area contributed by atoms with E-state index in [0.29, 0.717) is 18.7 Å². The van der Waals surface area contributed by atoms with Crippen molar-refractivity contribution in [2.75, 3.05) is 6.54 Å². The van der Waals surface area contributed by atoms with Crippen molar-refractivity contribution in [3.63, 3.8) is 0 Å². The first-order valence-electron chi connectivity index (χ1n) is 10.3. The van der Waals surface area contributed by atoms with Crippen LogP contribution in [0.1, 0.15) is 104 Å². The molecule has 0 aliphatic rings. The lowest BCUT2D eigenvalue weighted by atomic mass is 9.76. The van der Waals surface area contributed by atoms with Crippen LogP contribution in [-0.2, 0) is 15.6 Å². The summed E-state index contributed by atoms with van der Waals surface area (Å²) in [7, 11) is 0. The average molecular weight is 377 g/mol. The topological polar surface area (TPSA) is 66.6 Å². The van der Waals surface area contributed by atoms with Crippen LogP contribution in [0.3, 0.4) is 0 Å². The van der Waals surface area contributed by atoms with Gasteiger partial charge < -0.3 is 5.11 Å². The molecule has 0 spiro atoms. The molecular weight excluding hydrogens is 336 g/mol. The van der Waals surface area contributed by atoms with Crippen molar-refractivity contribution in [3.8, 4) is 5.75 Å². The van der Waals surface area contributed by atoms with Gasteiger partial charge in [0.2, 0.25) is 5.91 Å². The van der Waals surface area contributed by atoms with Gasteiger partial charge in [0.05, 0.1) is 0 Å². The molecule has 4 nitrogen and oxygen atoms in total. The minimum atomic E-state index is -0.170. The standard InChI is InChI=1S/C23H40N2O2/c1-9-11-12-16(15-25(24)20(26)10-2)17-13-18(22(3,4)5)21(27)19(14-17)23(6,7)8/h13-14,16,27H,9-12,15,24H2,1-8H3. The third-order valence-corrected chi connectivity index (χ3v) is 5.17. The van der Waals surface area contributed by atoms with Gasteiger partial charge in [0, 0.05) is 18.9 Å². The molecule has 0 saturated carbocycles. The second-order valence-electron chi connectivity index (χ2n) is 9.70. The quantitative estimate of drug-likeness (QED) is 0.382. The highest BCUT2D eigenvalue weighted by Gasteiger charge is 2.28. The van der Waals surface area contributed by atoms with Gasteiger partial charge in [-0.05, 0) is 33.9 Å². The van der Waals surface area contributed by atoms with Crippen LogP contribution in [-0.4, -0.2) is 22.6 Å². The zero-order chi connectivity index (χ0) is 21.0. The van der Waals surface area contributed by atoms with Gasteiger partial charge in [-0.1, -0.05) is 80.4 Å². The van der Waals surface area contributed by atoms with E-state index in [9.17, 15) is 9.90 Å². The number of amides is 1. The summed E-state index contributed by atoms with van der Waals surface area (Å²) in [6, 6.07) is 4.24. The molecule has 27 heavy (non-hydrogen) atoms. The van der Waals surface area contributed by atoms with Gasteiger partial charge in [0.25, 0.3) is 0 Å². The van der Waals surface area contributed by atoms with E-state index in [2.05, 4.69) is 60.6 Å². The maximum absolute atomic E-state index is 12.0. The summed E-state index contributed by atoms with van der Waals surface area (Å²) in [6.45, 7) is 17.2. The summed E-state index contributed by atoms with van der Waals surface area (Å²) in [5, 5.41) is 12.3. The Bertz CT molecular complexity index is 604. The molecule has 0 saturated heterocycles. The molecule has 0 fully saturated rings. The molecule has 1 atom stereocenters. The molecule has 1 unspecified atom stereocenters. The number of carbonyl (C=O) groups is 1. The summed E-state index contributed by atoms with van der Waals surface area (Å²) in [4.78, 5) is 12.0. The number of nitrogens with two attached hydrogens (primary N) is 1. The average Bonchev–Trinajstić information content (AvgIpc) is 2.55. The van der Waals surface area contributed by atoms with Crippen LogP contribution in [0.5, 0.6) is 5.75 Å². The maximum atomic E-state index is 12.0. The Balaban J connectivity index is 3.49. The number of hydrazine groups is 1. The van der Waals surface area contributed by atoms with Crippen molar-refractivity contribution in [2.24, 2.45) is 5.84 Å². The second-order valence-corrected chi connectivity index (χ2v) is 9.70. The summed E-state index contributed by atoms with van der Waals surface area (Å²) in [5.41, 5.74) is 2.73. The van der Waals surface area contributed by atoms with E-state index in [1.54, 1.807) is 0 Å². The van der Waals surface area contributed by atoms with Crippen LogP contribution >= 0.6 is 0 Å². The smallest absolute Gasteiger partial charge is 0.236 e. The molecule has 0 aliphatic carbocycles. The molecular formula is C23H40N2O2. The van der Waals surface area contributed by atoms with Crippen LogP contribution < -0.4 is 5.84 Å². The Morgan fingerprint density at radius 1 is 1.07 bits per heavy atom. The third kappa shape index (κ3) is 6.24. The fourth-order valence-electron chi connectivity index (χ4n) is 3.39. The molecule has 3 N–H and O–H groups in total.